The number of carbonyl (C=O) groups is 3. The number of urea groups is 1. The molecule has 3 N–H and O–H groups in total. The molecule has 7 heteroatoms. The summed E-state index contributed by atoms with van der Waals surface area (Å²) in [4.78, 5) is 37.1. The summed E-state index contributed by atoms with van der Waals surface area (Å²) < 4.78 is 0. The topological polar surface area (TPSA) is 90.5 Å². The highest BCUT2D eigenvalue weighted by Crippen LogP contribution is 2.15. The van der Waals surface area contributed by atoms with Crippen molar-refractivity contribution >= 4 is 23.5 Å². The molecule has 24 heavy (non-hydrogen) atoms. The molecule has 130 valence electrons. The van der Waals surface area contributed by atoms with Crippen LogP contribution in [0.3, 0.4) is 0 Å². The van der Waals surface area contributed by atoms with E-state index in [2.05, 4.69) is 33.8 Å². The Kier molecular flexibility index (Phi) is 6.17. The molecule has 1 aromatic rings. The van der Waals surface area contributed by atoms with Gasteiger partial charge in [0.05, 0.1) is 0 Å². The smallest absolute Gasteiger partial charge is 0.322 e. The van der Waals surface area contributed by atoms with Crippen LogP contribution in [0.2, 0.25) is 0 Å². The average Bonchev–Trinajstić information content (AvgIpc) is 2.71. The van der Waals surface area contributed by atoms with E-state index < -0.39 is 12.1 Å². The molecular formula is C17H24N4O3. The van der Waals surface area contributed by atoms with Crippen molar-refractivity contribution in [3.63, 3.8) is 0 Å². The lowest BCUT2D eigenvalue weighted by Crippen LogP contribution is -2.49. The van der Waals surface area contributed by atoms with E-state index in [0.29, 0.717) is 19.5 Å². The van der Waals surface area contributed by atoms with Gasteiger partial charge in [0, 0.05) is 31.7 Å². The van der Waals surface area contributed by atoms with Crippen LogP contribution in [0, 0.1) is 6.92 Å². The molecule has 2 rings (SSSR count). The molecular weight excluding hydrogens is 308 g/mol. The maximum atomic E-state index is 12.2. The zero-order valence-electron chi connectivity index (χ0n) is 14.1. The van der Waals surface area contributed by atoms with Crippen molar-refractivity contribution in [1.29, 1.82) is 0 Å². The first-order chi connectivity index (χ1) is 11.5. The van der Waals surface area contributed by atoms with Crippen molar-refractivity contribution < 1.29 is 14.4 Å². The lowest BCUT2D eigenvalue weighted by molar-refractivity contribution is -0.123. The lowest BCUT2D eigenvalue weighted by atomic mass is 10.1. The van der Waals surface area contributed by atoms with Crippen molar-refractivity contribution in [2.24, 2.45) is 0 Å². The van der Waals surface area contributed by atoms with Crippen molar-refractivity contribution in [3.05, 3.63) is 29.8 Å². The Morgan fingerprint density at radius 2 is 2.17 bits per heavy atom. The van der Waals surface area contributed by atoms with Crippen LogP contribution in [-0.4, -0.2) is 43.5 Å². The molecule has 1 heterocycles. The SMILES string of the molecule is CCN(CCNC(=O)[C@H]1CCC(=O)NC(=O)N1)c1cccc(C)c1. The third-order valence-electron chi connectivity index (χ3n) is 3.96. The maximum Gasteiger partial charge on any atom is 0.322 e. The first-order valence-electron chi connectivity index (χ1n) is 8.19. The fourth-order valence-electron chi connectivity index (χ4n) is 2.66. The molecule has 0 unspecified atom stereocenters. The first-order valence-corrected chi connectivity index (χ1v) is 8.19. The van der Waals surface area contributed by atoms with Crippen LogP contribution in [0.15, 0.2) is 24.3 Å². The second-order valence-corrected chi connectivity index (χ2v) is 5.82. The molecule has 1 fully saturated rings. The van der Waals surface area contributed by atoms with Crippen molar-refractivity contribution in [3.8, 4) is 0 Å². The van der Waals surface area contributed by atoms with Crippen molar-refractivity contribution in [1.82, 2.24) is 16.0 Å². The molecule has 0 saturated carbocycles. The molecule has 4 amide bonds. The molecule has 1 aliphatic heterocycles. The van der Waals surface area contributed by atoms with Gasteiger partial charge in [0.2, 0.25) is 11.8 Å². The number of nitrogens with one attached hydrogen (secondary N) is 3. The fourth-order valence-corrected chi connectivity index (χ4v) is 2.66. The standard InChI is InChI=1S/C17H24N4O3/c1-3-21(13-6-4-5-12(2)11-13)10-9-18-16(23)14-7-8-15(22)20-17(24)19-14/h4-6,11,14H,3,7-10H2,1-2H3,(H,18,23)(H2,19,20,22,24)/t14-/m1/s1. The van der Waals surface area contributed by atoms with Gasteiger partial charge in [-0.15, -0.1) is 0 Å². The van der Waals surface area contributed by atoms with E-state index in [1.54, 1.807) is 0 Å². The van der Waals surface area contributed by atoms with E-state index in [9.17, 15) is 14.4 Å². The summed E-state index contributed by atoms with van der Waals surface area (Å²) in [7, 11) is 0. The summed E-state index contributed by atoms with van der Waals surface area (Å²) in [5.41, 5.74) is 2.30. The van der Waals surface area contributed by atoms with Gasteiger partial charge in [0.25, 0.3) is 0 Å². The monoisotopic (exact) mass is 332 g/mol. The highest BCUT2D eigenvalue weighted by atomic mass is 16.2. The Bertz CT molecular complexity index is 618. The van der Waals surface area contributed by atoms with Crippen molar-refractivity contribution in [2.45, 2.75) is 32.7 Å². The van der Waals surface area contributed by atoms with E-state index in [-0.39, 0.29) is 18.2 Å². The molecule has 0 aromatic heterocycles. The van der Waals surface area contributed by atoms with Gasteiger partial charge in [-0.25, -0.2) is 4.79 Å². The summed E-state index contributed by atoms with van der Waals surface area (Å²) in [6.45, 7) is 6.08. The van der Waals surface area contributed by atoms with Crippen LogP contribution in [0.5, 0.6) is 0 Å². The third kappa shape index (κ3) is 4.97. The van der Waals surface area contributed by atoms with Crippen LogP contribution >= 0.6 is 0 Å². The fraction of sp³-hybridized carbons (Fsp3) is 0.471. The largest absolute Gasteiger partial charge is 0.370 e. The molecule has 1 atom stereocenters. The summed E-state index contributed by atoms with van der Waals surface area (Å²) in [5, 5.41) is 7.49. The van der Waals surface area contributed by atoms with Crippen LogP contribution in [0.1, 0.15) is 25.3 Å². The second kappa shape index (κ2) is 8.33. The maximum absolute atomic E-state index is 12.2. The zero-order chi connectivity index (χ0) is 17.5. The number of benzene rings is 1. The quantitative estimate of drug-likeness (QED) is 0.723. The van der Waals surface area contributed by atoms with Gasteiger partial charge in [-0.05, 0) is 38.0 Å². The zero-order valence-corrected chi connectivity index (χ0v) is 14.1. The average molecular weight is 332 g/mol. The third-order valence-corrected chi connectivity index (χ3v) is 3.96. The van der Waals surface area contributed by atoms with Gasteiger partial charge in [-0.2, -0.15) is 0 Å². The molecule has 0 radical (unpaired) electrons. The minimum atomic E-state index is -0.675. The van der Waals surface area contributed by atoms with E-state index in [1.165, 1.54) is 5.56 Å². The molecule has 1 saturated heterocycles. The number of hydrogen-bond acceptors (Lipinski definition) is 4. The van der Waals surface area contributed by atoms with Crippen LogP contribution < -0.4 is 20.9 Å². The minimum Gasteiger partial charge on any atom is -0.370 e. The van der Waals surface area contributed by atoms with E-state index in [4.69, 9.17) is 0 Å². The number of aryl methyl sites for hydroxylation is 1. The van der Waals surface area contributed by atoms with Crippen molar-refractivity contribution in [2.75, 3.05) is 24.5 Å². The second-order valence-electron chi connectivity index (χ2n) is 5.82. The summed E-state index contributed by atoms with van der Waals surface area (Å²) in [5.74, 6) is -0.625. The number of likely N-dealkylation sites (N-methyl/N-ethyl adjacent to an activating group) is 1. The van der Waals surface area contributed by atoms with Crippen LogP contribution in [0.4, 0.5) is 10.5 Å². The summed E-state index contributed by atoms with van der Waals surface area (Å²) in [6.07, 6.45) is 0.458. The number of rotatable bonds is 6. The van der Waals surface area contributed by atoms with Gasteiger partial charge in [-0.1, -0.05) is 12.1 Å². The number of amides is 4. The predicted octanol–water partition coefficient (Wildman–Crippen LogP) is 0.926. The lowest BCUT2D eigenvalue weighted by Gasteiger charge is -2.24. The van der Waals surface area contributed by atoms with Crippen LogP contribution in [-0.2, 0) is 9.59 Å². The Hall–Kier alpha value is -2.57. The summed E-state index contributed by atoms with van der Waals surface area (Å²) >= 11 is 0. The van der Waals surface area contributed by atoms with Gasteiger partial charge < -0.3 is 15.5 Å². The predicted molar refractivity (Wildman–Crippen MR) is 91.8 cm³/mol. The van der Waals surface area contributed by atoms with E-state index in [1.807, 2.05) is 25.1 Å². The normalized spacial score (nSPS) is 17.5. The van der Waals surface area contributed by atoms with E-state index in [0.717, 1.165) is 12.2 Å². The number of nitrogens with zero attached hydrogens (tertiary/aromatic N) is 1. The van der Waals surface area contributed by atoms with Crippen LogP contribution in [0.25, 0.3) is 0 Å². The highest BCUT2D eigenvalue weighted by molar-refractivity contribution is 5.98. The Balaban J connectivity index is 1.84. The molecule has 7 nitrogen and oxygen atoms in total. The van der Waals surface area contributed by atoms with Gasteiger partial charge in [-0.3, -0.25) is 14.9 Å². The molecule has 0 aliphatic carbocycles. The summed E-state index contributed by atoms with van der Waals surface area (Å²) in [6, 6.07) is 6.91. The Morgan fingerprint density at radius 1 is 1.38 bits per heavy atom. The van der Waals surface area contributed by atoms with Gasteiger partial charge in [0.1, 0.15) is 6.04 Å². The number of imide groups is 1. The Labute approximate surface area is 141 Å². The molecule has 1 aromatic carbocycles. The number of anilines is 1. The van der Waals surface area contributed by atoms with E-state index >= 15 is 0 Å². The first kappa shape index (κ1) is 17.8. The Morgan fingerprint density at radius 3 is 2.88 bits per heavy atom. The minimum absolute atomic E-state index is 0.154. The number of carbonyl (C=O) groups excluding carboxylic acids is 3. The highest BCUT2D eigenvalue weighted by Gasteiger charge is 2.25. The van der Waals surface area contributed by atoms with Gasteiger partial charge >= 0.3 is 6.03 Å². The molecule has 0 bridgehead atoms. The molecule has 0 spiro atoms. The molecule has 1 aliphatic rings. The van der Waals surface area contributed by atoms with Gasteiger partial charge in [0.15, 0.2) is 0 Å². The number of hydrogen-bond donors (Lipinski definition) is 3.